The minimum atomic E-state index is -2.59. The number of alkyl halides is 2. The van der Waals surface area contributed by atoms with Crippen molar-refractivity contribution in [1.82, 2.24) is 4.90 Å². The fourth-order valence-corrected chi connectivity index (χ4v) is 3.07. The van der Waals surface area contributed by atoms with Crippen LogP contribution in [0.4, 0.5) is 8.78 Å². The van der Waals surface area contributed by atoms with Gasteiger partial charge in [0.2, 0.25) is 5.91 Å². The topological polar surface area (TPSA) is 29.5 Å². The quantitative estimate of drug-likeness (QED) is 0.434. The Hall–Kier alpha value is 0.0239. The van der Waals surface area contributed by atoms with Crippen molar-refractivity contribution in [3.63, 3.8) is 0 Å². The average Bonchev–Trinajstić information content (AvgIpc) is 2.50. The number of hydrogen-bond donors (Lipinski definition) is 0. The maximum atomic E-state index is 12.8. The number of allylic oxidation sites excluding steroid dienone is 1. The van der Waals surface area contributed by atoms with Crippen molar-refractivity contribution < 1.29 is 51.0 Å². The average molecular weight is 494 g/mol. The Morgan fingerprint density at radius 3 is 2.79 bits per heavy atom. The molecule has 0 spiro atoms. The summed E-state index contributed by atoms with van der Waals surface area (Å²) in [5.41, 5.74) is 1.05. The van der Waals surface area contributed by atoms with Crippen LogP contribution >= 0.6 is 27.7 Å². The smallest absolute Gasteiger partial charge is 0.256 e. The first-order chi connectivity index (χ1) is 10.9. The molecule has 1 aliphatic heterocycles. The van der Waals surface area contributed by atoms with Gasteiger partial charge in [0.25, 0.3) is 6.43 Å². The SMILES string of the molecule is CSCOc1ccc(C2=[C-]CC(C)C(=O)N2CC(F)F)c(Br)c1.[Y]. The Morgan fingerprint density at radius 1 is 1.50 bits per heavy atom. The molecule has 129 valence electrons. The molecule has 1 unspecified atom stereocenters. The zero-order valence-corrected chi connectivity index (χ0v) is 18.6. The van der Waals surface area contributed by atoms with Crippen molar-refractivity contribution in [2.45, 2.75) is 19.8 Å². The standard InChI is InChI=1S/C16H17BrF2NO2S.Y/c1-10-3-6-14(20(16(10)21)8-15(18)19)12-5-4-11(7-13(12)17)22-9-23-2;/h4-5,7,10,15H,3,8-9H2,1-2H3;/q-1;. The largest absolute Gasteiger partial charge is 0.483 e. The van der Waals surface area contributed by atoms with E-state index in [9.17, 15) is 13.6 Å². The predicted molar refractivity (Wildman–Crippen MR) is 91.3 cm³/mol. The van der Waals surface area contributed by atoms with Crippen molar-refractivity contribution in [3.8, 4) is 5.75 Å². The first-order valence-electron chi connectivity index (χ1n) is 7.06. The second-order valence-electron chi connectivity index (χ2n) is 5.16. The van der Waals surface area contributed by atoms with E-state index in [1.807, 2.05) is 6.26 Å². The van der Waals surface area contributed by atoms with Gasteiger partial charge in [-0.1, -0.05) is 33.7 Å². The van der Waals surface area contributed by atoms with Crippen LogP contribution in [0.25, 0.3) is 5.70 Å². The molecule has 24 heavy (non-hydrogen) atoms. The van der Waals surface area contributed by atoms with Crippen LogP contribution in [0.15, 0.2) is 22.7 Å². The molecule has 0 N–H and O–H groups in total. The second kappa shape index (κ2) is 10.2. The molecule has 1 aromatic carbocycles. The van der Waals surface area contributed by atoms with Crippen LogP contribution in [-0.4, -0.2) is 36.0 Å². The van der Waals surface area contributed by atoms with Gasteiger partial charge in [-0.05, 0) is 18.4 Å². The molecule has 1 atom stereocenters. The zero-order valence-electron chi connectivity index (χ0n) is 13.4. The minimum Gasteiger partial charge on any atom is -0.483 e. The molecule has 1 aromatic rings. The van der Waals surface area contributed by atoms with Gasteiger partial charge in [-0.15, -0.1) is 29.1 Å². The Morgan fingerprint density at radius 2 is 2.21 bits per heavy atom. The van der Waals surface area contributed by atoms with Crippen molar-refractivity contribution >= 4 is 39.3 Å². The van der Waals surface area contributed by atoms with E-state index in [0.717, 1.165) is 4.90 Å². The molecule has 1 amide bonds. The summed E-state index contributed by atoms with van der Waals surface area (Å²) in [6.07, 6.45) is 2.85. The van der Waals surface area contributed by atoms with Crippen LogP contribution < -0.4 is 4.74 Å². The Kier molecular flexibility index (Phi) is 9.41. The monoisotopic (exact) mass is 493 g/mol. The maximum absolute atomic E-state index is 12.8. The minimum absolute atomic E-state index is 0. The molecule has 0 fully saturated rings. The van der Waals surface area contributed by atoms with E-state index in [-0.39, 0.29) is 44.5 Å². The fourth-order valence-electron chi connectivity index (χ4n) is 2.27. The third kappa shape index (κ3) is 5.51. The Balaban J connectivity index is 0.00000288. The number of carbonyl (C=O) groups excluding carboxylic acids is 1. The van der Waals surface area contributed by atoms with Gasteiger partial charge in [0.05, 0.1) is 6.54 Å². The summed E-state index contributed by atoms with van der Waals surface area (Å²) in [5.74, 6) is 0.564. The van der Waals surface area contributed by atoms with Crippen molar-refractivity contribution in [3.05, 3.63) is 34.3 Å². The summed E-state index contributed by atoms with van der Waals surface area (Å²) in [5, 5.41) is 0. The van der Waals surface area contributed by atoms with Crippen LogP contribution in [0, 0.1) is 12.0 Å². The fraction of sp³-hybridized carbons (Fsp3) is 0.438. The predicted octanol–water partition coefficient (Wildman–Crippen LogP) is 4.42. The number of hydrogen-bond acceptors (Lipinski definition) is 3. The van der Waals surface area contributed by atoms with Crippen LogP contribution in [0.3, 0.4) is 0 Å². The third-order valence-corrected chi connectivity index (χ3v) is 4.40. The normalized spacial score (nSPS) is 17.6. The van der Waals surface area contributed by atoms with Gasteiger partial charge in [0.1, 0.15) is 11.7 Å². The molecular formula is C16H17BrF2NO2SY-. The summed E-state index contributed by atoms with van der Waals surface area (Å²) in [6, 6.07) is 5.28. The van der Waals surface area contributed by atoms with Crippen LogP contribution in [0.1, 0.15) is 18.9 Å². The maximum Gasteiger partial charge on any atom is 0.256 e. The second-order valence-corrected chi connectivity index (χ2v) is 6.83. The van der Waals surface area contributed by atoms with Gasteiger partial charge in [-0.2, -0.15) is 0 Å². The number of benzene rings is 1. The van der Waals surface area contributed by atoms with Gasteiger partial charge >= 0.3 is 0 Å². The van der Waals surface area contributed by atoms with E-state index in [0.29, 0.717) is 33.8 Å². The van der Waals surface area contributed by atoms with Crippen LogP contribution in [-0.2, 0) is 37.5 Å². The molecule has 0 aromatic heterocycles. The summed E-state index contributed by atoms with van der Waals surface area (Å²) in [7, 11) is 0. The van der Waals surface area contributed by atoms with Gasteiger partial charge in [0.15, 0.2) is 0 Å². The van der Waals surface area contributed by atoms with E-state index in [1.165, 1.54) is 0 Å². The summed E-state index contributed by atoms with van der Waals surface area (Å²) in [6.45, 7) is 1.10. The van der Waals surface area contributed by atoms with Gasteiger partial charge < -0.3 is 9.64 Å². The van der Waals surface area contributed by atoms with Gasteiger partial charge in [0, 0.05) is 38.6 Å². The molecule has 1 radical (unpaired) electrons. The molecular weight excluding hydrogens is 477 g/mol. The van der Waals surface area contributed by atoms with Crippen LogP contribution in [0.2, 0.25) is 0 Å². The molecule has 1 aliphatic rings. The van der Waals surface area contributed by atoms with E-state index in [4.69, 9.17) is 4.74 Å². The molecule has 0 bridgehead atoms. The summed E-state index contributed by atoms with van der Waals surface area (Å²) in [4.78, 5) is 13.4. The molecule has 3 nitrogen and oxygen atoms in total. The third-order valence-electron chi connectivity index (χ3n) is 3.39. The number of rotatable bonds is 6. The van der Waals surface area contributed by atoms with Crippen molar-refractivity contribution in [1.29, 1.82) is 0 Å². The first-order valence-corrected chi connectivity index (χ1v) is 9.24. The number of carbonyl (C=O) groups is 1. The van der Waals surface area contributed by atoms with Gasteiger partial charge in [-0.25, -0.2) is 14.9 Å². The van der Waals surface area contributed by atoms with Crippen molar-refractivity contribution in [2.75, 3.05) is 18.7 Å². The summed E-state index contributed by atoms with van der Waals surface area (Å²) < 4.78 is 31.9. The number of amides is 1. The van der Waals surface area contributed by atoms with Crippen molar-refractivity contribution in [2.24, 2.45) is 5.92 Å². The molecule has 0 aliphatic carbocycles. The van der Waals surface area contributed by atoms with Crippen LogP contribution in [0.5, 0.6) is 5.75 Å². The number of halogens is 3. The zero-order chi connectivity index (χ0) is 17.0. The van der Waals surface area contributed by atoms with E-state index < -0.39 is 13.0 Å². The van der Waals surface area contributed by atoms with Gasteiger partial charge in [-0.3, -0.25) is 4.79 Å². The van der Waals surface area contributed by atoms with E-state index in [2.05, 4.69) is 22.0 Å². The van der Waals surface area contributed by atoms with E-state index in [1.54, 1.807) is 36.9 Å². The first kappa shape index (κ1) is 22.1. The number of nitrogens with zero attached hydrogens (tertiary/aromatic N) is 1. The Bertz CT molecular complexity index is 616. The number of ether oxygens (including phenoxy) is 1. The molecule has 2 rings (SSSR count). The molecule has 0 saturated heterocycles. The molecule has 1 heterocycles. The summed E-state index contributed by atoms with van der Waals surface area (Å²) >= 11 is 4.98. The number of thioether (sulfide) groups is 1. The molecule has 0 saturated carbocycles. The van der Waals surface area contributed by atoms with E-state index >= 15 is 0 Å². The molecule has 8 heteroatoms. The Labute approximate surface area is 178 Å².